The molecule has 1 aromatic heterocycles. The van der Waals surface area contributed by atoms with E-state index in [4.69, 9.17) is 4.74 Å². The normalized spacial score (nSPS) is 27.9. The number of H-pyrrole nitrogens is 1. The molecule has 2 N–H and O–H groups in total. The van der Waals surface area contributed by atoms with Crippen molar-refractivity contribution >= 4 is 6.09 Å². The summed E-state index contributed by atoms with van der Waals surface area (Å²) in [5, 5.41) is 3.16. The van der Waals surface area contributed by atoms with Gasteiger partial charge in [-0.15, -0.1) is 0 Å². The van der Waals surface area contributed by atoms with Crippen LogP contribution in [-0.4, -0.2) is 41.7 Å². The van der Waals surface area contributed by atoms with Crippen molar-refractivity contribution in [2.75, 3.05) is 20.1 Å². The molecule has 1 aromatic rings. The second-order valence-corrected chi connectivity index (χ2v) is 4.18. The zero-order valence-electron chi connectivity index (χ0n) is 8.49. The summed E-state index contributed by atoms with van der Waals surface area (Å²) in [5.41, 5.74) is 0.668. The number of likely N-dealkylation sites (N-methyl/N-ethyl adjacent to an activating group) is 1. The fourth-order valence-electron chi connectivity index (χ4n) is 2.40. The molecule has 2 saturated heterocycles. The summed E-state index contributed by atoms with van der Waals surface area (Å²) in [5.74, 6) is 0. The lowest BCUT2D eigenvalue weighted by molar-refractivity contribution is -0.0119. The van der Waals surface area contributed by atoms with E-state index in [0.29, 0.717) is 0 Å². The van der Waals surface area contributed by atoms with E-state index < -0.39 is 0 Å². The van der Waals surface area contributed by atoms with Crippen LogP contribution in [0.4, 0.5) is 4.79 Å². The monoisotopic (exact) mass is 207 g/mol. The van der Waals surface area contributed by atoms with Crippen molar-refractivity contribution in [1.29, 1.82) is 0 Å². The van der Waals surface area contributed by atoms with Gasteiger partial charge in [-0.2, -0.15) is 0 Å². The van der Waals surface area contributed by atoms with Gasteiger partial charge in [0.1, 0.15) is 6.04 Å². The molecule has 1 atom stereocenters. The summed E-state index contributed by atoms with van der Waals surface area (Å²) >= 11 is 0. The van der Waals surface area contributed by atoms with Crippen molar-refractivity contribution in [2.24, 2.45) is 0 Å². The average Bonchev–Trinajstić information content (AvgIpc) is 2.72. The number of hydrogen-bond donors (Lipinski definition) is 2. The van der Waals surface area contributed by atoms with Gasteiger partial charge in [-0.3, -0.25) is 4.90 Å². The van der Waals surface area contributed by atoms with E-state index in [0.717, 1.165) is 18.8 Å². The van der Waals surface area contributed by atoms with Crippen molar-refractivity contribution in [1.82, 2.24) is 15.2 Å². The van der Waals surface area contributed by atoms with E-state index in [2.05, 4.69) is 10.3 Å². The maximum absolute atomic E-state index is 11.6. The van der Waals surface area contributed by atoms with Crippen LogP contribution in [0, 0.1) is 0 Å². The molecule has 3 rings (SSSR count). The lowest BCUT2D eigenvalue weighted by Gasteiger charge is -2.41. The minimum absolute atomic E-state index is 0.00116. The van der Waals surface area contributed by atoms with E-state index >= 15 is 0 Å². The number of rotatable bonds is 1. The molecule has 80 valence electrons. The minimum Gasteiger partial charge on any atom is -0.437 e. The molecule has 0 bridgehead atoms. The average molecular weight is 207 g/mol. The molecule has 0 saturated carbocycles. The minimum atomic E-state index is -0.364. The van der Waals surface area contributed by atoms with E-state index in [1.807, 2.05) is 18.3 Å². The summed E-state index contributed by atoms with van der Waals surface area (Å²) in [6.07, 6.45) is 1.63. The van der Waals surface area contributed by atoms with Crippen LogP contribution in [0.2, 0.25) is 0 Å². The van der Waals surface area contributed by atoms with Crippen LogP contribution < -0.4 is 5.32 Å². The van der Waals surface area contributed by atoms with E-state index in [-0.39, 0.29) is 17.7 Å². The Hall–Kier alpha value is -1.49. The topological polar surface area (TPSA) is 57.4 Å². The Labute approximate surface area is 87.4 Å². The molecule has 3 heterocycles. The summed E-state index contributed by atoms with van der Waals surface area (Å²) in [6, 6.07) is 3.93. The number of nitrogens with one attached hydrogen (secondary N) is 2. The van der Waals surface area contributed by atoms with E-state index in [1.54, 1.807) is 11.9 Å². The van der Waals surface area contributed by atoms with Crippen LogP contribution in [0.3, 0.4) is 0 Å². The summed E-state index contributed by atoms with van der Waals surface area (Å²) in [4.78, 5) is 16.4. The Bertz CT molecular complexity index is 383. The Morgan fingerprint density at radius 3 is 2.93 bits per heavy atom. The zero-order chi connectivity index (χ0) is 10.5. The van der Waals surface area contributed by atoms with Gasteiger partial charge in [-0.05, 0) is 12.1 Å². The highest BCUT2D eigenvalue weighted by Crippen LogP contribution is 2.42. The van der Waals surface area contributed by atoms with Gasteiger partial charge in [0.05, 0.1) is 0 Å². The second kappa shape index (κ2) is 2.76. The van der Waals surface area contributed by atoms with Crippen LogP contribution in [-0.2, 0) is 4.74 Å². The molecule has 2 fully saturated rings. The van der Waals surface area contributed by atoms with Gasteiger partial charge < -0.3 is 15.0 Å². The molecule has 15 heavy (non-hydrogen) atoms. The molecule has 5 heteroatoms. The van der Waals surface area contributed by atoms with Gasteiger partial charge in [-0.25, -0.2) is 4.79 Å². The Morgan fingerprint density at radius 2 is 2.40 bits per heavy atom. The number of aromatic amines is 1. The molecule has 5 nitrogen and oxygen atoms in total. The lowest BCUT2D eigenvalue weighted by Crippen LogP contribution is -2.62. The quantitative estimate of drug-likeness (QED) is 0.704. The smallest absolute Gasteiger partial charge is 0.410 e. The molecule has 2 aliphatic rings. The third kappa shape index (κ3) is 1.04. The fourth-order valence-corrected chi connectivity index (χ4v) is 2.40. The molecule has 2 aliphatic heterocycles. The van der Waals surface area contributed by atoms with E-state index in [9.17, 15) is 4.79 Å². The Balaban J connectivity index is 2.00. The zero-order valence-corrected chi connectivity index (χ0v) is 8.49. The van der Waals surface area contributed by atoms with Gasteiger partial charge >= 0.3 is 6.09 Å². The van der Waals surface area contributed by atoms with Crippen molar-refractivity contribution < 1.29 is 9.53 Å². The van der Waals surface area contributed by atoms with Crippen LogP contribution in [0.15, 0.2) is 18.3 Å². The van der Waals surface area contributed by atoms with Crippen molar-refractivity contribution in [2.45, 2.75) is 11.6 Å². The third-order valence-corrected chi connectivity index (χ3v) is 3.23. The first-order chi connectivity index (χ1) is 7.23. The molecule has 0 aromatic carbocycles. The number of aromatic nitrogens is 1. The van der Waals surface area contributed by atoms with Gasteiger partial charge in [0.25, 0.3) is 0 Å². The molecule has 1 unspecified atom stereocenters. The molecular weight excluding hydrogens is 194 g/mol. The number of carbonyl (C=O) groups is 1. The number of hydrogen-bond acceptors (Lipinski definition) is 3. The fraction of sp³-hybridized carbons (Fsp3) is 0.500. The van der Waals surface area contributed by atoms with Gasteiger partial charge in [0.15, 0.2) is 5.60 Å². The van der Waals surface area contributed by atoms with Gasteiger partial charge in [0.2, 0.25) is 0 Å². The van der Waals surface area contributed by atoms with Crippen LogP contribution in [0.1, 0.15) is 11.7 Å². The Kier molecular flexibility index (Phi) is 1.62. The highest BCUT2D eigenvalue weighted by molar-refractivity contribution is 5.72. The molecule has 0 aliphatic carbocycles. The first-order valence-corrected chi connectivity index (χ1v) is 5.03. The number of carbonyl (C=O) groups excluding carboxylic acids is 1. The number of ether oxygens (including phenoxy) is 1. The molecule has 1 spiro atoms. The number of amides is 1. The summed E-state index contributed by atoms with van der Waals surface area (Å²) in [6.45, 7) is 1.46. The molecular formula is C10H13N3O2. The van der Waals surface area contributed by atoms with Crippen molar-refractivity contribution in [3.05, 3.63) is 24.0 Å². The van der Waals surface area contributed by atoms with Crippen LogP contribution in [0.5, 0.6) is 0 Å². The highest BCUT2D eigenvalue weighted by atomic mass is 16.6. The lowest BCUT2D eigenvalue weighted by atomic mass is 9.86. The predicted molar refractivity (Wildman–Crippen MR) is 53.4 cm³/mol. The maximum atomic E-state index is 11.6. The largest absolute Gasteiger partial charge is 0.437 e. The SMILES string of the molecule is CN1C(=O)OC2(CNC2)C1c1ccc[nH]1. The van der Waals surface area contributed by atoms with Gasteiger partial charge in [-0.1, -0.05) is 0 Å². The summed E-state index contributed by atoms with van der Waals surface area (Å²) < 4.78 is 5.44. The second-order valence-electron chi connectivity index (χ2n) is 4.18. The first kappa shape index (κ1) is 8.79. The summed E-state index contributed by atoms with van der Waals surface area (Å²) in [7, 11) is 1.78. The van der Waals surface area contributed by atoms with E-state index in [1.165, 1.54) is 0 Å². The predicted octanol–water partition coefficient (Wildman–Crippen LogP) is 0.480. The molecule has 0 radical (unpaired) electrons. The Morgan fingerprint density at radius 1 is 1.60 bits per heavy atom. The van der Waals surface area contributed by atoms with Crippen molar-refractivity contribution in [3.63, 3.8) is 0 Å². The standard InChI is InChI=1S/C10H13N3O2/c1-13-8(7-3-2-4-12-7)10(5-11-6-10)15-9(13)14/h2-4,8,11-12H,5-6H2,1H3. The van der Waals surface area contributed by atoms with Gasteiger partial charge in [0, 0.05) is 32.0 Å². The first-order valence-electron chi connectivity index (χ1n) is 5.03. The maximum Gasteiger partial charge on any atom is 0.410 e. The molecule has 1 amide bonds. The highest BCUT2D eigenvalue weighted by Gasteiger charge is 2.57. The van der Waals surface area contributed by atoms with Crippen molar-refractivity contribution in [3.8, 4) is 0 Å². The van der Waals surface area contributed by atoms with Crippen LogP contribution >= 0.6 is 0 Å². The third-order valence-electron chi connectivity index (χ3n) is 3.23. The number of nitrogens with zero attached hydrogens (tertiary/aromatic N) is 1. The van der Waals surface area contributed by atoms with Crippen LogP contribution in [0.25, 0.3) is 0 Å².